The van der Waals surface area contributed by atoms with Crippen molar-refractivity contribution in [1.82, 2.24) is 9.71 Å². The molecule has 1 heterocycles. The predicted octanol–water partition coefficient (Wildman–Crippen LogP) is 2.03. The maximum Gasteiger partial charge on any atom is 0.241 e. The summed E-state index contributed by atoms with van der Waals surface area (Å²) in [5, 5.41) is 0.651. The smallest absolute Gasteiger partial charge is 0.241 e. The maximum absolute atomic E-state index is 12.8. The Kier molecular flexibility index (Phi) is 4.42. The molecule has 1 fully saturated rings. The number of nitrogens with zero attached hydrogens (tertiary/aromatic N) is 1. The molecule has 1 saturated carbocycles. The van der Waals surface area contributed by atoms with Gasteiger partial charge in [-0.1, -0.05) is 18.9 Å². The van der Waals surface area contributed by atoms with Crippen LogP contribution < -0.4 is 10.5 Å². The lowest BCUT2D eigenvalue weighted by Crippen LogP contribution is -2.44. The number of hydrogen-bond donors (Lipinski definition) is 2. The van der Waals surface area contributed by atoms with E-state index in [0.29, 0.717) is 22.3 Å². The third-order valence-electron chi connectivity index (χ3n) is 4.41. The molecular formula is C16H21N3O2S. The fraction of sp³-hybridized carbons (Fsp3) is 0.438. The van der Waals surface area contributed by atoms with Crippen LogP contribution in [0.15, 0.2) is 41.4 Å². The minimum Gasteiger partial charge on any atom is -0.330 e. The van der Waals surface area contributed by atoms with Gasteiger partial charge in [-0.3, -0.25) is 4.98 Å². The molecule has 1 aromatic carbocycles. The Morgan fingerprint density at radius 3 is 2.82 bits per heavy atom. The lowest BCUT2D eigenvalue weighted by Gasteiger charge is -2.31. The molecular weight excluding hydrogens is 298 g/mol. The second-order valence-corrected chi connectivity index (χ2v) is 7.52. The van der Waals surface area contributed by atoms with Crippen molar-refractivity contribution < 1.29 is 8.42 Å². The first-order valence-electron chi connectivity index (χ1n) is 7.68. The van der Waals surface area contributed by atoms with Crippen molar-refractivity contribution in [3.05, 3.63) is 36.5 Å². The van der Waals surface area contributed by atoms with E-state index >= 15 is 0 Å². The van der Waals surface area contributed by atoms with E-state index in [2.05, 4.69) is 9.71 Å². The van der Waals surface area contributed by atoms with E-state index in [0.717, 1.165) is 25.7 Å². The van der Waals surface area contributed by atoms with E-state index in [1.54, 1.807) is 30.5 Å². The number of aromatic nitrogens is 1. The van der Waals surface area contributed by atoms with Gasteiger partial charge < -0.3 is 5.73 Å². The highest BCUT2D eigenvalue weighted by molar-refractivity contribution is 7.89. The molecule has 0 radical (unpaired) electrons. The van der Waals surface area contributed by atoms with Crippen LogP contribution in [0.1, 0.15) is 25.7 Å². The van der Waals surface area contributed by atoms with Gasteiger partial charge in [0.2, 0.25) is 10.0 Å². The Bertz CT molecular complexity index is 756. The molecule has 3 N–H and O–H groups in total. The minimum atomic E-state index is -3.58. The molecule has 22 heavy (non-hydrogen) atoms. The van der Waals surface area contributed by atoms with Crippen LogP contribution >= 0.6 is 0 Å². The van der Waals surface area contributed by atoms with Gasteiger partial charge in [-0.25, -0.2) is 13.1 Å². The lowest BCUT2D eigenvalue weighted by atomic mass is 9.85. The van der Waals surface area contributed by atoms with Crippen LogP contribution in [-0.2, 0) is 10.0 Å². The molecule has 0 bridgehead atoms. The van der Waals surface area contributed by atoms with Crippen molar-refractivity contribution >= 4 is 20.9 Å². The normalized spacial score (nSPS) is 22.8. The van der Waals surface area contributed by atoms with Crippen molar-refractivity contribution in [3.63, 3.8) is 0 Å². The summed E-state index contributed by atoms with van der Waals surface area (Å²) in [5.41, 5.74) is 6.48. The van der Waals surface area contributed by atoms with Gasteiger partial charge in [0, 0.05) is 17.6 Å². The standard InChI is InChI=1S/C16H21N3O2S/c17-11-12-5-1-2-7-14(12)19-22(20,21)16-9-3-8-15-13(16)6-4-10-18-15/h3-4,6,8-10,12,14,19H,1-2,5,7,11,17H2/t12-,14-/m1/s1. The van der Waals surface area contributed by atoms with Crippen LogP contribution in [0.2, 0.25) is 0 Å². The second-order valence-electron chi connectivity index (χ2n) is 5.83. The van der Waals surface area contributed by atoms with Crippen LogP contribution in [0.3, 0.4) is 0 Å². The van der Waals surface area contributed by atoms with Crippen molar-refractivity contribution in [2.24, 2.45) is 11.7 Å². The van der Waals surface area contributed by atoms with Crippen molar-refractivity contribution in [2.75, 3.05) is 6.54 Å². The second kappa shape index (κ2) is 6.32. The molecule has 0 unspecified atom stereocenters. The zero-order chi connectivity index (χ0) is 15.6. The van der Waals surface area contributed by atoms with E-state index in [-0.39, 0.29) is 12.0 Å². The molecule has 2 aromatic rings. The highest BCUT2D eigenvalue weighted by Crippen LogP contribution is 2.27. The molecule has 118 valence electrons. The van der Waals surface area contributed by atoms with Crippen LogP contribution in [0.5, 0.6) is 0 Å². The van der Waals surface area contributed by atoms with Gasteiger partial charge in [-0.05, 0) is 49.6 Å². The number of hydrogen-bond acceptors (Lipinski definition) is 4. The van der Waals surface area contributed by atoms with Gasteiger partial charge in [-0.15, -0.1) is 0 Å². The van der Waals surface area contributed by atoms with Gasteiger partial charge in [0.1, 0.15) is 0 Å². The highest BCUT2D eigenvalue weighted by Gasteiger charge is 2.29. The molecule has 5 nitrogen and oxygen atoms in total. The Hall–Kier alpha value is -1.50. The van der Waals surface area contributed by atoms with E-state index in [1.165, 1.54) is 0 Å². The Balaban J connectivity index is 1.95. The summed E-state index contributed by atoms with van der Waals surface area (Å²) in [6, 6.07) is 8.65. The number of fused-ring (bicyclic) bond motifs is 1. The molecule has 1 aliphatic rings. The number of nitrogens with two attached hydrogens (primary N) is 1. The molecule has 3 rings (SSSR count). The van der Waals surface area contributed by atoms with Crippen LogP contribution in [0.4, 0.5) is 0 Å². The molecule has 0 saturated heterocycles. The van der Waals surface area contributed by atoms with E-state index in [1.807, 2.05) is 6.07 Å². The van der Waals surface area contributed by atoms with Crippen molar-refractivity contribution in [3.8, 4) is 0 Å². The summed E-state index contributed by atoms with van der Waals surface area (Å²) in [5.74, 6) is 0.219. The molecule has 0 spiro atoms. The zero-order valence-electron chi connectivity index (χ0n) is 12.4. The third kappa shape index (κ3) is 2.99. The van der Waals surface area contributed by atoms with Crippen LogP contribution in [-0.4, -0.2) is 26.0 Å². The fourth-order valence-electron chi connectivity index (χ4n) is 3.22. The molecule has 0 amide bonds. The lowest BCUT2D eigenvalue weighted by molar-refractivity contribution is 0.296. The monoisotopic (exact) mass is 319 g/mol. The minimum absolute atomic E-state index is 0.0734. The summed E-state index contributed by atoms with van der Waals surface area (Å²) in [4.78, 5) is 4.51. The molecule has 1 aliphatic carbocycles. The van der Waals surface area contributed by atoms with Gasteiger partial charge in [0.15, 0.2) is 0 Å². The SMILES string of the molecule is NC[C@H]1CCCC[C@H]1NS(=O)(=O)c1cccc2ncccc12. The summed E-state index contributed by atoms with van der Waals surface area (Å²) in [6.45, 7) is 0.518. The van der Waals surface area contributed by atoms with Crippen LogP contribution in [0.25, 0.3) is 10.9 Å². The van der Waals surface area contributed by atoms with Gasteiger partial charge in [-0.2, -0.15) is 0 Å². The fourth-order valence-corrected chi connectivity index (χ4v) is 4.77. The first-order chi connectivity index (χ1) is 10.6. The summed E-state index contributed by atoms with van der Waals surface area (Å²) in [7, 11) is -3.58. The summed E-state index contributed by atoms with van der Waals surface area (Å²) >= 11 is 0. The first-order valence-corrected chi connectivity index (χ1v) is 9.16. The number of benzene rings is 1. The van der Waals surface area contributed by atoms with Crippen LogP contribution in [0, 0.1) is 5.92 Å². The Morgan fingerprint density at radius 2 is 2.00 bits per heavy atom. The van der Waals surface area contributed by atoms with Gasteiger partial charge in [0.25, 0.3) is 0 Å². The third-order valence-corrected chi connectivity index (χ3v) is 5.96. The zero-order valence-corrected chi connectivity index (χ0v) is 13.2. The number of sulfonamides is 1. The quantitative estimate of drug-likeness (QED) is 0.903. The number of pyridine rings is 1. The Morgan fingerprint density at radius 1 is 1.18 bits per heavy atom. The molecule has 6 heteroatoms. The van der Waals surface area contributed by atoms with Gasteiger partial charge >= 0.3 is 0 Å². The van der Waals surface area contributed by atoms with E-state index in [4.69, 9.17) is 5.73 Å². The molecule has 1 aromatic heterocycles. The van der Waals surface area contributed by atoms with E-state index < -0.39 is 10.0 Å². The number of rotatable bonds is 4. The summed E-state index contributed by atoms with van der Waals surface area (Å²) in [6.07, 6.45) is 5.67. The number of nitrogens with one attached hydrogen (secondary N) is 1. The average Bonchev–Trinajstić information content (AvgIpc) is 2.54. The molecule has 0 aliphatic heterocycles. The predicted molar refractivity (Wildman–Crippen MR) is 86.9 cm³/mol. The highest BCUT2D eigenvalue weighted by atomic mass is 32.2. The largest absolute Gasteiger partial charge is 0.330 e. The van der Waals surface area contributed by atoms with Crippen molar-refractivity contribution in [2.45, 2.75) is 36.6 Å². The first kappa shape index (κ1) is 15.4. The van der Waals surface area contributed by atoms with E-state index in [9.17, 15) is 8.42 Å². The summed E-state index contributed by atoms with van der Waals surface area (Å²) < 4.78 is 28.5. The van der Waals surface area contributed by atoms with Crippen molar-refractivity contribution in [1.29, 1.82) is 0 Å². The van der Waals surface area contributed by atoms with Gasteiger partial charge in [0.05, 0.1) is 10.4 Å². The Labute approximate surface area is 131 Å². The topological polar surface area (TPSA) is 85.1 Å². The molecule has 2 atom stereocenters. The maximum atomic E-state index is 12.8. The average molecular weight is 319 g/mol.